The smallest absolute Gasteiger partial charge is 0.302 e. The number of halogens is 1. The van der Waals surface area contributed by atoms with Gasteiger partial charge in [-0.1, -0.05) is 11.6 Å². The van der Waals surface area contributed by atoms with Crippen molar-refractivity contribution in [1.29, 1.82) is 0 Å². The molecule has 6 heteroatoms. The number of carbonyl (C=O) groups is 1. The van der Waals surface area contributed by atoms with Gasteiger partial charge in [0.1, 0.15) is 6.61 Å². The molecule has 0 amide bonds. The Morgan fingerprint density at radius 1 is 1.43 bits per heavy atom. The summed E-state index contributed by atoms with van der Waals surface area (Å²) >= 11 is 5.85. The van der Waals surface area contributed by atoms with Gasteiger partial charge in [-0.3, -0.25) is 9.78 Å². The van der Waals surface area contributed by atoms with E-state index in [2.05, 4.69) is 29.3 Å². The van der Waals surface area contributed by atoms with Gasteiger partial charge in [0.05, 0.1) is 16.8 Å². The minimum atomic E-state index is -0.289. The van der Waals surface area contributed by atoms with Gasteiger partial charge in [-0.05, 0) is 52.2 Å². The number of nitrogens with one attached hydrogen (secondary N) is 1. The molecule has 1 unspecified atom stereocenters. The number of unbranched alkanes of at least 4 members (excludes halogenated alkanes) is 1. The molecule has 0 bridgehead atoms. The second kappa shape index (κ2) is 9.71. The first-order valence-electron chi connectivity index (χ1n) is 7.12. The number of hydrogen-bond donors (Lipinski definition) is 1. The zero-order valence-corrected chi connectivity index (χ0v) is 13.7. The largest absolute Gasteiger partial charge is 0.464 e. The summed E-state index contributed by atoms with van der Waals surface area (Å²) in [5, 5.41) is 3.98. The lowest BCUT2D eigenvalue weighted by atomic mass is 10.2. The van der Waals surface area contributed by atoms with Gasteiger partial charge in [-0.15, -0.1) is 0 Å². The Kier molecular flexibility index (Phi) is 8.27. The number of aromatic nitrogens is 1. The van der Waals surface area contributed by atoms with Crippen molar-refractivity contribution in [1.82, 2.24) is 15.2 Å². The number of pyridine rings is 1. The number of carbonyl (C=O) groups excluding carboxylic acids is 1. The topological polar surface area (TPSA) is 54.5 Å². The van der Waals surface area contributed by atoms with Crippen molar-refractivity contribution >= 4 is 17.6 Å². The first kappa shape index (κ1) is 17.9. The van der Waals surface area contributed by atoms with E-state index in [1.165, 1.54) is 6.92 Å². The lowest BCUT2D eigenvalue weighted by Crippen LogP contribution is -2.28. The number of ether oxygens (including phenoxy) is 1. The third kappa shape index (κ3) is 7.99. The average Bonchev–Trinajstić information content (AvgIpc) is 2.42. The summed E-state index contributed by atoms with van der Waals surface area (Å²) < 4.78 is 5.10. The van der Waals surface area contributed by atoms with Crippen molar-refractivity contribution in [3.05, 3.63) is 29.0 Å². The highest BCUT2D eigenvalue weighted by Crippen LogP contribution is 2.14. The van der Waals surface area contributed by atoms with Crippen molar-refractivity contribution in [2.75, 3.05) is 33.8 Å². The lowest BCUT2D eigenvalue weighted by Gasteiger charge is -2.18. The molecule has 1 N–H and O–H groups in total. The van der Waals surface area contributed by atoms with Crippen LogP contribution in [0.15, 0.2) is 18.3 Å². The third-order valence-corrected chi connectivity index (χ3v) is 3.21. The molecule has 1 atom stereocenters. The Morgan fingerprint density at radius 3 is 2.76 bits per heavy atom. The summed E-state index contributed by atoms with van der Waals surface area (Å²) in [4.78, 5) is 17.4. The van der Waals surface area contributed by atoms with E-state index in [0.717, 1.165) is 31.6 Å². The van der Waals surface area contributed by atoms with Crippen LogP contribution in [0.4, 0.5) is 0 Å². The van der Waals surface area contributed by atoms with Crippen LogP contribution in [-0.2, 0) is 9.53 Å². The monoisotopic (exact) mass is 313 g/mol. The van der Waals surface area contributed by atoms with Crippen molar-refractivity contribution in [3.8, 4) is 0 Å². The number of hydrogen-bond acceptors (Lipinski definition) is 5. The molecule has 0 aromatic carbocycles. The standard InChI is InChI=1S/C15H24ClN3O2/c1-12(20)21-11-15(14-7-6-13(16)10-18-14)17-8-4-5-9-19(2)3/h6-7,10,15,17H,4-5,8-9,11H2,1-3H3. The second-order valence-corrected chi connectivity index (χ2v) is 5.66. The fourth-order valence-electron chi connectivity index (χ4n) is 1.87. The predicted molar refractivity (Wildman–Crippen MR) is 84.4 cm³/mol. The van der Waals surface area contributed by atoms with Crippen molar-refractivity contribution in [2.24, 2.45) is 0 Å². The van der Waals surface area contributed by atoms with E-state index in [1.54, 1.807) is 12.3 Å². The maximum absolute atomic E-state index is 11.0. The Morgan fingerprint density at radius 2 is 2.19 bits per heavy atom. The van der Waals surface area contributed by atoms with Crippen LogP contribution in [0, 0.1) is 0 Å². The molecule has 0 spiro atoms. The highest BCUT2D eigenvalue weighted by atomic mass is 35.5. The quantitative estimate of drug-likeness (QED) is 0.560. The van der Waals surface area contributed by atoms with Crippen LogP contribution in [0.2, 0.25) is 5.02 Å². The van der Waals surface area contributed by atoms with Crippen LogP contribution in [0.3, 0.4) is 0 Å². The highest BCUT2D eigenvalue weighted by Gasteiger charge is 2.14. The van der Waals surface area contributed by atoms with Crippen LogP contribution in [0.1, 0.15) is 31.5 Å². The fraction of sp³-hybridized carbons (Fsp3) is 0.600. The summed E-state index contributed by atoms with van der Waals surface area (Å²) in [5.41, 5.74) is 0.827. The van der Waals surface area contributed by atoms with Crippen molar-refractivity contribution < 1.29 is 9.53 Å². The van der Waals surface area contributed by atoms with Crippen LogP contribution in [-0.4, -0.2) is 49.6 Å². The van der Waals surface area contributed by atoms with Gasteiger partial charge in [0.25, 0.3) is 0 Å². The Balaban J connectivity index is 2.48. The van der Waals surface area contributed by atoms with E-state index in [0.29, 0.717) is 5.02 Å². The van der Waals surface area contributed by atoms with Gasteiger partial charge < -0.3 is 15.0 Å². The molecule has 0 aliphatic rings. The van der Waals surface area contributed by atoms with E-state index in [-0.39, 0.29) is 18.6 Å². The normalized spacial score (nSPS) is 12.4. The van der Waals surface area contributed by atoms with Gasteiger partial charge in [-0.2, -0.15) is 0 Å². The van der Waals surface area contributed by atoms with E-state index >= 15 is 0 Å². The molecular formula is C15H24ClN3O2. The van der Waals surface area contributed by atoms with Crippen LogP contribution < -0.4 is 5.32 Å². The molecule has 5 nitrogen and oxygen atoms in total. The van der Waals surface area contributed by atoms with E-state index in [4.69, 9.17) is 16.3 Å². The molecule has 1 heterocycles. The zero-order valence-electron chi connectivity index (χ0n) is 12.9. The van der Waals surface area contributed by atoms with Gasteiger partial charge >= 0.3 is 5.97 Å². The first-order chi connectivity index (χ1) is 9.99. The van der Waals surface area contributed by atoms with E-state index in [9.17, 15) is 4.79 Å². The van der Waals surface area contributed by atoms with Gasteiger partial charge in [-0.25, -0.2) is 0 Å². The second-order valence-electron chi connectivity index (χ2n) is 5.22. The summed E-state index contributed by atoms with van der Waals surface area (Å²) in [7, 11) is 4.13. The number of esters is 1. The minimum Gasteiger partial charge on any atom is -0.464 e. The molecule has 0 aliphatic heterocycles. The molecule has 0 fully saturated rings. The highest BCUT2D eigenvalue weighted by molar-refractivity contribution is 6.30. The number of rotatable bonds is 9. The molecule has 0 saturated carbocycles. The van der Waals surface area contributed by atoms with Gasteiger partial charge in [0.2, 0.25) is 0 Å². The molecule has 1 rings (SSSR count). The number of nitrogens with zero attached hydrogens (tertiary/aromatic N) is 2. The summed E-state index contributed by atoms with van der Waals surface area (Å²) in [6.45, 7) is 3.60. The van der Waals surface area contributed by atoms with E-state index < -0.39 is 0 Å². The van der Waals surface area contributed by atoms with Crippen LogP contribution in [0.5, 0.6) is 0 Å². The van der Waals surface area contributed by atoms with Crippen LogP contribution in [0.25, 0.3) is 0 Å². The third-order valence-electron chi connectivity index (χ3n) is 2.98. The van der Waals surface area contributed by atoms with Crippen molar-refractivity contribution in [2.45, 2.75) is 25.8 Å². The lowest BCUT2D eigenvalue weighted by molar-refractivity contribution is -0.141. The van der Waals surface area contributed by atoms with Crippen molar-refractivity contribution in [3.63, 3.8) is 0 Å². The summed E-state index contributed by atoms with van der Waals surface area (Å²) in [5.74, 6) is -0.289. The molecular weight excluding hydrogens is 290 g/mol. The van der Waals surface area contributed by atoms with Gasteiger partial charge in [0.15, 0.2) is 0 Å². The molecule has 1 aromatic rings. The fourth-order valence-corrected chi connectivity index (χ4v) is 1.98. The predicted octanol–water partition coefficient (Wildman–Crippen LogP) is 2.27. The Bertz CT molecular complexity index is 423. The average molecular weight is 314 g/mol. The minimum absolute atomic E-state index is 0.106. The molecule has 118 valence electrons. The van der Waals surface area contributed by atoms with Crippen LogP contribution >= 0.6 is 11.6 Å². The molecule has 0 saturated heterocycles. The molecule has 21 heavy (non-hydrogen) atoms. The Labute approximate surface area is 131 Å². The maximum atomic E-state index is 11.0. The summed E-state index contributed by atoms with van der Waals surface area (Å²) in [6.07, 6.45) is 3.78. The molecule has 1 aromatic heterocycles. The first-order valence-corrected chi connectivity index (χ1v) is 7.49. The molecule has 0 radical (unpaired) electrons. The van der Waals surface area contributed by atoms with E-state index in [1.807, 2.05) is 6.07 Å². The maximum Gasteiger partial charge on any atom is 0.302 e. The Hall–Kier alpha value is -1.17. The molecule has 0 aliphatic carbocycles. The van der Waals surface area contributed by atoms with Gasteiger partial charge in [0, 0.05) is 13.1 Å². The SMILES string of the molecule is CC(=O)OCC(NCCCCN(C)C)c1ccc(Cl)cn1. The summed E-state index contributed by atoms with van der Waals surface area (Å²) in [6, 6.07) is 3.53. The zero-order chi connectivity index (χ0) is 15.7.